The zero-order valence-corrected chi connectivity index (χ0v) is 16.6. The smallest absolute Gasteiger partial charge is 0.475 e. The van der Waals surface area contributed by atoms with Crippen LogP contribution in [0.2, 0.25) is 0 Å². The van der Waals surface area contributed by atoms with Crippen molar-refractivity contribution >= 4 is 17.7 Å². The van der Waals surface area contributed by atoms with Crippen LogP contribution in [0.15, 0.2) is 42.6 Å². The second kappa shape index (κ2) is 11.4. The molecule has 32 heavy (non-hydrogen) atoms. The molecule has 12 heteroatoms. The van der Waals surface area contributed by atoms with Crippen molar-refractivity contribution < 1.29 is 41.7 Å². The molecular formula is C20H21F4N3O5. The maximum absolute atomic E-state index is 12.9. The summed E-state index contributed by atoms with van der Waals surface area (Å²) in [5, 5.41) is 9.85. The molecule has 0 aliphatic carbocycles. The van der Waals surface area contributed by atoms with Gasteiger partial charge in [-0.1, -0.05) is 0 Å². The van der Waals surface area contributed by atoms with E-state index < -0.39 is 12.1 Å². The molecule has 0 spiro atoms. The molecule has 3 rings (SSSR count). The predicted molar refractivity (Wildman–Crippen MR) is 105 cm³/mol. The van der Waals surface area contributed by atoms with Crippen LogP contribution in [-0.4, -0.2) is 46.9 Å². The fourth-order valence-electron chi connectivity index (χ4n) is 2.61. The third-order valence-electron chi connectivity index (χ3n) is 4.12. The number of pyridine rings is 1. The number of aliphatic carboxylic acids is 1. The van der Waals surface area contributed by atoms with Crippen LogP contribution in [0.4, 0.5) is 23.4 Å². The molecule has 4 N–H and O–H groups in total. The van der Waals surface area contributed by atoms with Gasteiger partial charge in [-0.15, -0.1) is 0 Å². The number of hydrogen-bond acceptors (Lipinski definition) is 6. The minimum Gasteiger partial charge on any atom is -0.475 e. The first-order chi connectivity index (χ1) is 15.0. The molecule has 0 bridgehead atoms. The van der Waals surface area contributed by atoms with Crippen molar-refractivity contribution in [1.82, 2.24) is 4.98 Å². The first kappa shape index (κ1) is 25.0. The van der Waals surface area contributed by atoms with E-state index in [0.717, 1.165) is 6.42 Å². The minimum atomic E-state index is -5.08. The number of alkyl halides is 3. The Balaban J connectivity index is 0.000000451. The number of carboxylic acids is 1. The molecule has 0 saturated carbocycles. The highest BCUT2D eigenvalue weighted by Crippen LogP contribution is 2.22. The number of anilines is 1. The van der Waals surface area contributed by atoms with Gasteiger partial charge in [0.1, 0.15) is 23.1 Å². The SMILES string of the molecule is NC1CCOC(CC(=O)Nc2ccc(Oc3ccc(F)cc3)cn2)C1.O=C(O)C(F)(F)F. The molecule has 2 atom stereocenters. The van der Waals surface area contributed by atoms with Crippen LogP contribution in [0.5, 0.6) is 11.5 Å². The molecular weight excluding hydrogens is 438 g/mol. The lowest BCUT2D eigenvalue weighted by Gasteiger charge is -2.26. The molecule has 1 aromatic carbocycles. The van der Waals surface area contributed by atoms with Gasteiger partial charge in [0.05, 0.1) is 18.7 Å². The summed E-state index contributed by atoms with van der Waals surface area (Å²) in [7, 11) is 0. The van der Waals surface area contributed by atoms with Gasteiger partial charge in [0, 0.05) is 12.6 Å². The van der Waals surface area contributed by atoms with E-state index >= 15 is 0 Å². The number of nitrogens with two attached hydrogens (primary N) is 1. The number of rotatable bonds is 5. The maximum atomic E-state index is 12.9. The standard InChI is InChI=1S/C18H20FN3O3.C2HF3O2/c19-12-1-3-14(4-2-12)25-15-5-6-17(21-11-15)22-18(23)10-16-9-13(20)7-8-24-16;3-2(4,5)1(6)7/h1-6,11,13,16H,7-10,20H2,(H,21,22,23);(H,6,7). The topological polar surface area (TPSA) is 124 Å². The van der Waals surface area contributed by atoms with Crippen LogP contribution < -0.4 is 15.8 Å². The van der Waals surface area contributed by atoms with Gasteiger partial charge in [-0.05, 0) is 49.2 Å². The number of nitrogens with one attached hydrogen (secondary N) is 1. The number of carbonyl (C=O) groups is 2. The third-order valence-corrected chi connectivity index (χ3v) is 4.12. The number of nitrogens with zero attached hydrogens (tertiary/aromatic N) is 1. The Morgan fingerprint density at radius 2 is 1.81 bits per heavy atom. The Labute approximate surface area is 180 Å². The molecule has 1 amide bonds. The Morgan fingerprint density at radius 3 is 2.34 bits per heavy atom. The van der Waals surface area contributed by atoms with Crippen LogP contribution in [0.1, 0.15) is 19.3 Å². The lowest BCUT2D eigenvalue weighted by Crippen LogP contribution is -2.36. The molecule has 8 nitrogen and oxygen atoms in total. The van der Waals surface area contributed by atoms with E-state index in [1.807, 2.05) is 0 Å². The summed E-state index contributed by atoms with van der Waals surface area (Å²) in [6.07, 6.45) is -1.97. The largest absolute Gasteiger partial charge is 0.490 e. The van der Waals surface area contributed by atoms with E-state index in [0.29, 0.717) is 30.3 Å². The molecule has 1 aliphatic heterocycles. The Morgan fingerprint density at radius 1 is 1.19 bits per heavy atom. The Kier molecular flexibility index (Phi) is 8.91. The van der Waals surface area contributed by atoms with Gasteiger partial charge in [-0.2, -0.15) is 13.2 Å². The monoisotopic (exact) mass is 459 g/mol. The molecule has 0 radical (unpaired) electrons. The Bertz CT molecular complexity index is 892. The Hall–Kier alpha value is -3.25. The first-order valence-electron chi connectivity index (χ1n) is 9.39. The second-order valence-electron chi connectivity index (χ2n) is 6.77. The second-order valence-corrected chi connectivity index (χ2v) is 6.77. The van der Waals surface area contributed by atoms with E-state index in [9.17, 15) is 22.4 Å². The average molecular weight is 459 g/mol. The fraction of sp³-hybridized carbons (Fsp3) is 0.350. The van der Waals surface area contributed by atoms with E-state index in [-0.39, 0.29) is 30.3 Å². The summed E-state index contributed by atoms with van der Waals surface area (Å²) < 4.78 is 55.7. The van der Waals surface area contributed by atoms with E-state index in [1.54, 1.807) is 12.1 Å². The summed E-state index contributed by atoms with van der Waals surface area (Å²) in [6.45, 7) is 0.590. The normalized spacial score (nSPS) is 18.2. The molecule has 2 unspecified atom stereocenters. The van der Waals surface area contributed by atoms with Crippen molar-refractivity contribution in [3.63, 3.8) is 0 Å². The number of amides is 1. The number of benzene rings is 1. The van der Waals surface area contributed by atoms with Crippen molar-refractivity contribution in [3.05, 3.63) is 48.4 Å². The molecule has 174 valence electrons. The summed E-state index contributed by atoms with van der Waals surface area (Å²) in [4.78, 5) is 25.1. The van der Waals surface area contributed by atoms with Gasteiger partial charge in [0.15, 0.2) is 0 Å². The number of carbonyl (C=O) groups excluding carboxylic acids is 1. The van der Waals surface area contributed by atoms with Gasteiger partial charge in [-0.3, -0.25) is 4.79 Å². The summed E-state index contributed by atoms with van der Waals surface area (Å²) in [5.74, 6) is -1.83. The van der Waals surface area contributed by atoms with Gasteiger partial charge in [-0.25, -0.2) is 14.2 Å². The summed E-state index contributed by atoms with van der Waals surface area (Å²) in [5.41, 5.74) is 5.88. The predicted octanol–water partition coefficient (Wildman–Crippen LogP) is 3.48. The summed E-state index contributed by atoms with van der Waals surface area (Å²) in [6, 6.07) is 9.10. The maximum Gasteiger partial charge on any atom is 0.490 e. The third kappa shape index (κ3) is 8.86. The van der Waals surface area contributed by atoms with E-state index in [1.165, 1.54) is 30.5 Å². The quantitative estimate of drug-likeness (QED) is 0.585. The zero-order chi connectivity index (χ0) is 23.7. The number of halogens is 4. The van der Waals surface area contributed by atoms with Crippen molar-refractivity contribution in [2.75, 3.05) is 11.9 Å². The van der Waals surface area contributed by atoms with Crippen molar-refractivity contribution in [2.45, 2.75) is 37.6 Å². The molecule has 1 saturated heterocycles. The summed E-state index contributed by atoms with van der Waals surface area (Å²) >= 11 is 0. The van der Waals surface area contributed by atoms with Gasteiger partial charge in [0.25, 0.3) is 0 Å². The van der Waals surface area contributed by atoms with Gasteiger partial charge < -0.3 is 25.6 Å². The number of hydrogen-bond donors (Lipinski definition) is 3. The lowest BCUT2D eigenvalue weighted by molar-refractivity contribution is -0.192. The van der Waals surface area contributed by atoms with Crippen molar-refractivity contribution in [2.24, 2.45) is 5.73 Å². The highest BCUT2D eigenvalue weighted by Gasteiger charge is 2.38. The van der Waals surface area contributed by atoms with Crippen LogP contribution >= 0.6 is 0 Å². The molecule has 2 heterocycles. The highest BCUT2D eigenvalue weighted by molar-refractivity contribution is 5.90. The molecule has 1 fully saturated rings. The molecule has 2 aromatic rings. The van der Waals surface area contributed by atoms with Crippen LogP contribution in [-0.2, 0) is 14.3 Å². The van der Waals surface area contributed by atoms with Crippen molar-refractivity contribution in [1.29, 1.82) is 0 Å². The number of carboxylic acid groups (broad SMARTS) is 1. The van der Waals surface area contributed by atoms with Gasteiger partial charge in [0.2, 0.25) is 5.91 Å². The van der Waals surface area contributed by atoms with E-state index in [2.05, 4.69) is 10.3 Å². The van der Waals surface area contributed by atoms with Crippen molar-refractivity contribution in [3.8, 4) is 11.5 Å². The highest BCUT2D eigenvalue weighted by atomic mass is 19.4. The first-order valence-corrected chi connectivity index (χ1v) is 9.39. The number of ether oxygens (including phenoxy) is 2. The van der Waals surface area contributed by atoms with E-state index in [4.69, 9.17) is 25.1 Å². The van der Waals surface area contributed by atoms with Crippen LogP contribution in [0.3, 0.4) is 0 Å². The molecule has 1 aromatic heterocycles. The average Bonchev–Trinajstić information content (AvgIpc) is 2.71. The lowest BCUT2D eigenvalue weighted by atomic mass is 10.0. The van der Waals surface area contributed by atoms with Crippen LogP contribution in [0.25, 0.3) is 0 Å². The van der Waals surface area contributed by atoms with Gasteiger partial charge >= 0.3 is 12.1 Å². The number of aromatic nitrogens is 1. The minimum absolute atomic E-state index is 0.0903. The fourth-order valence-corrected chi connectivity index (χ4v) is 2.61. The molecule has 1 aliphatic rings. The van der Waals surface area contributed by atoms with Crippen LogP contribution in [0, 0.1) is 5.82 Å². The zero-order valence-electron chi connectivity index (χ0n) is 16.6.